The normalized spacial score (nSPS) is 14.8. The summed E-state index contributed by atoms with van der Waals surface area (Å²) in [5, 5.41) is 10.7. The minimum absolute atomic E-state index is 0.202. The van der Waals surface area contributed by atoms with E-state index in [1.165, 1.54) is 28.8 Å². The van der Waals surface area contributed by atoms with Crippen molar-refractivity contribution < 1.29 is 18.3 Å². The lowest BCUT2D eigenvalue weighted by Gasteiger charge is -2.30. The number of halogens is 3. The fourth-order valence-corrected chi connectivity index (χ4v) is 2.77. The van der Waals surface area contributed by atoms with Crippen molar-refractivity contribution in [3.8, 4) is 0 Å². The van der Waals surface area contributed by atoms with Gasteiger partial charge >= 0.3 is 6.18 Å². The van der Waals surface area contributed by atoms with Crippen molar-refractivity contribution in [1.29, 1.82) is 0 Å². The topological polar surface area (TPSA) is 50.9 Å². The maximum absolute atomic E-state index is 13.9. The van der Waals surface area contributed by atoms with Crippen LogP contribution in [-0.4, -0.2) is 25.8 Å². The predicted octanol–water partition coefficient (Wildman–Crippen LogP) is 3.56. The van der Waals surface area contributed by atoms with Crippen LogP contribution in [0.15, 0.2) is 42.5 Å². The fourth-order valence-electron chi connectivity index (χ4n) is 2.77. The Kier molecular flexibility index (Phi) is 3.83. The van der Waals surface area contributed by atoms with Crippen molar-refractivity contribution in [3.05, 3.63) is 59.5 Å². The Bertz CT molecular complexity index is 874. The summed E-state index contributed by atoms with van der Waals surface area (Å²) >= 11 is 0. The second kappa shape index (κ2) is 5.59. The zero-order chi connectivity index (χ0) is 17.5. The summed E-state index contributed by atoms with van der Waals surface area (Å²) in [6.45, 7) is 3.64. The van der Waals surface area contributed by atoms with Crippen molar-refractivity contribution >= 4 is 11.2 Å². The first kappa shape index (κ1) is 16.4. The van der Waals surface area contributed by atoms with E-state index in [2.05, 4.69) is 9.97 Å². The third kappa shape index (κ3) is 2.36. The van der Waals surface area contributed by atoms with Gasteiger partial charge in [0.05, 0.1) is 0 Å². The SMILES string of the molecule is CCn1c(C(O)(c2ccccc2)C(F)(F)F)nc2ccc(C)nc21. The minimum atomic E-state index is -4.93. The summed E-state index contributed by atoms with van der Waals surface area (Å²) in [5.74, 6) is -0.475. The lowest BCUT2D eigenvalue weighted by Crippen LogP contribution is -2.45. The average Bonchev–Trinajstić information content (AvgIpc) is 2.91. The molecule has 4 nitrogen and oxygen atoms in total. The number of rotatable bonds is 3. The van der Waals surface area contributed by atoms with Crippen LogP contribution in [0.25, 0.3) is 11.2 Å². The van der Waals surface area contributed by atoms with Gasteiger partial charge in [-0.2, -0.15) is 13.2 Å². The van der Waals surface area contributed by atoms with Crippen LogP contribution in [0.3, 0.4) is 0 Å². The van der Waals surface area contributed by atoms with Crippen molar-refractivity contribution in [2.45, 2.75) is 32.2 Å². The van der Waals surface area contributed by atoms with Crippen LogP contribution in [0.4, 0.5) is 13.2 Å². The summed E-state index contributed by atoms with van der Waals surface area (Å²) < 4.78 is 42.9. The molecule has 7 heteroatoms. The highest BCUT2D eigenvalue weighted by molar-refractivity contribution is 5.72. The summed E-state index contributed by atoms with van der Waals surface area (Å²) in [7, 11) is 0. The highest BCUT2D eigenvalue weighted by Crippen LogP contribution is 2.44. The Balaban J connectivity index is 2.36. The Labute approximate surface area is 136 Å². The van der Waals surface area contributed by atoms with Gasteiger partial charge in [-0.15, -0.1) is 0 Å². The lowest BCUT2D eigenvalue weighted by molar-refractivity contribution is -0.252. The largest absolute Gasteiger partial charge is 0.428 e. The number of aryl methyl sites for hydroxylation is 2. The average molecular weight is 335 g/mol. The number of fused-ring (bicyclic) bond motifs is 1. The molecule has 0 spiro atoms. The Morgan fingerprint density at radius 3 is 2.29 bits per heavy atom. The first-order valence-corrected chi connectivity index (χ1v) is 7.48. The van der Waals surface area contributed by atoms with Gasteiger partial charge in [-0.25, -0.2) is 9.97 Å². The number of imidazole rings is 1. The van der Waals surface area contributed by atoms with Crippen LogP contribution in [-0.2, 0) is 12.1 Å². The van der Waals surface area contributed by atoms with E-state index in [0.29, 0.717) is 16.9 Å². The fraction of sp³-hybridized carbons (Fsp3) is 0.294. The Morgan fingerprint density at radius 2 is 1.71 bits per heavy atom. The number of alkyl halides is 3. The first-order chi connectivity index (χ1) is 11.3. The van der Waals surface area contributed by atoms with Crippen molar-refractivity contribution in [1.82, 2.24) is 14.5 Å². The molecule has 1 N–H and O–H groups in total. The van der Waals surface area contributed by atoms with E-state index in [1.807, 2.05) is 0 Å². The number of aliphatic hydroxyl groups is 1. The van der Waals surface area contributed by atoms with Crippen LogP contribution in [0.5, 0.6) is 0 Å². The van der Waals surface area contributed by atoms with E-state index in [-0.39, 0.29) is 12.1 Å². The molecular formula is C17H16F3N3O. The first-order valence-electron chi connectivity index (χ1n) is 7.48. The minimum Gasteiger partial charge on any atom is -0.370 e. The molecule has 3 rings (SSSR count). The number of aromatic nitrogens is 3. The van der Waals surface area contributed by atoms with Gasteiger partial charge in [0, 0.05) is 17.8 Å². The number of nitrogens with zero attached hydrogens (tertiary/aromatic N) is 3. The molecule has 0 aliphatic heterocycles. The maximum Gasteiger partial charge on any atom is 0.428 e. The molecule has 0 aliphatic rings. The maximum atomic E-state index is 13.9. The molecule has 1 aromatic carbocycles. The lowest BCUT2D eigenvalue weighted by atomic mass is 9.92. The zero-order valence-electron chi connectivity index (χ0n) is 13.2. The molecule has 24 heavy (non-hydrogen) atoms. The molecule has 0 amide bonds. The molecule has 126 valence electrons. The summed E-state index contributed by atoms with van der Waals surface area (Å²) in [6.07, 6.45) is -4.93. The summed E-state index contributed by atoms with van der Waals surface area (Å²) in [5.41, 5.74) is -2.18. The van der Waals surface area contributed by atoms with Crippen LogP contribution in [0.1, 0.15) is 24.0 Å². The van der Waals surface area contributed by atoms with Gasteiger partial charge in [0.15, 0.2) is 11.5 Å². The van der Waals surface area contributed by atoms with Gasteiger partial charge < -0.3 is 9.67 Å². The number of hydrogen-bond donors (Lipinski definition) is 1. The standard InChI is InChI=1S/C17H16F3N3O/c1-3-23-14-13(10-9-11(2)21-14)22-15(23)16(24,17(18,19)20)12-7-5-4-6-8-12/h4-10,24H,3H2,1-2H3. The molecule has 2 heterocycles. The number of pyridine rings is 1. The van der Waals surface area contributed by atoms with Crippen molar-refractivity contribution in [3.63, 3.8) is 0 Å². The van der Waals surface area contributed by atoms with E-state index >= 15 is 0 Å². The molecule has 0 fully saturated rings. The van der Waals surface area contributed by atoms with Crippen LogP contribution in [0, 0.1) is 6.92 Å². The van der Waals surface area contributed by atoms with Gasteiger partial charge in [-0.1, -0.05) is 30.3 Å². The van der Waals surface area contributed by atoms with E-state index in [4.69, 9.17) is 0 Å². The Hall–Kier alpha value is -2.41. The van der Waals surface area contributed by atoms with Crippen molar-refractivity contribution in [2.75, 3.05) is 0 Å². The monoisotopic (exact) mass is 335 g/mol. The molecule has 0 bridgehead atoms. The van der Waals surface area contributed by atoms with E-state index < -0.39 is 17.6 Å². The van der Waals surface area contributed by atoms with E-state index in [0.717, 1.165) is 0 Å². The highest BCUT2D eigenvalue weighted by atomic mass is 19.4. The van der Waals surface area contributed by atoms with Crippen LogP contribution >= 0.6 is 0 Å². The molecule has 1 unspecified atom stereocenters. The van der Waals surface area contributed by atoms with E-state index in [9.17, 15) is 18.3 Å². The molecule has 0 saturated carbocycles. The number of hydrogen-bond acceptors (Lipinski definition) is 3. The smallest absolute Gasteiger partial charge is 0.370 e. The molecule has 0 radical (unpaired) electrons. The number of benzene rings is 1. The second-order valence-electron chi connectivity index (χ2n) is 5.55. The summed E-state index contributed by atoms with van der Waals surface area (Å²) in [4.78, 5) is 8.35. The summed E-state index contributed by atoms with van der Waals surface area (Å²) in [6, 6.07) is 10.3. The van der Waals surface area contributed by atoms with Crippen LogP contribution < -0.4 is 0 Å². The van der Waals surface area contributed by atoms with Gasteiger partial charge in [0.1, 0.15) is 5.52 Å². The third-order valence-electron chi connectivity index (χ3n) is 3.97. The predicted molar refractivity (Wildman–Crippen MR) is 83.4 cm³/mol. The molecular weight excluding hydrogens is 319 g/mol. The zero-order valence-corrected chi connectivity index (χ0v) is 13.2. The Morgan fingerprint density at radius 1 is 1.04 bits per heavy atom. The van der Waals surface area contributed by atoms with Crippen LogP contribution in [0.2, 0.25) is 0 Å². The second-order valence-corrected chi connectivity index (χ2v) is 5.55. The van der Waals surface area contributed by atoms with Gasteiger partial charge in [-0.3, -0.25) is 0 Å². The molecule has 0 saturated heterocycles. The van der Waals surface area contributed by atoms with Crippen molar-refractivity contribution in [2.24, 2.45) is 0 Å². The molecule has 0 aliphatic carbocycles. The molecule has 1 atom stereocenters. The highest BCUT2D eigenvalue weighted by Gasteiger charge is 2.59. The van der Waals surface area contributed by atoms with Gasteiger partial charge in [-0.05, 0) is 26.0 Å². The molecule has 2 aromatic heterocycles. The van der Waals surface area contributed by atoms with Gasteiger partial charge in [0.2, 0.25) is 5.60 Å². The third-order valence-corrected chi connectivity index (χ3v) is 3.97. The van der Waals surface area contributed by atoms with E-state index in [1.54, 1.807) is 32.0 Å². The van der Waals surface area contributed by atoms with Gasteiger partial charge in [0.25, 0.3) is 0 Å². The molecule has 3 aromatic rings. The quantitative estimate of drug-likeness (QED) is 0.796.